The molecule has 0 atom stereocenters. The summed E-state index contributed by atoms with van der Waals surface area (Å²) in [5.41, 5.74) is 8.07. The van der Waals surface area contributed by atoms with Gasteiger partial charge in [-0.2, -0.15) is 0 Å². The topological polar surface area (TPSA) is 109 Å². The van der Waals surface area contributed by atoms with E-state index in [0.29, 0.717) is 12.1 Å². The molecule has 0 unspecified atom stereocenters. The lowest BCUT2D eigenvalue weighted by Gasteiger charge is -2.15. The average Bonchev–Trinajstić information content (AvgIpc) is 2.70. The van der Waals surface area contributed by atoms with Crippen molar-refractivity contribution in [2.45, 2.75) is 38.6 Å². The summed E-state index contributed by atoms with van der Waals surface area (Å²) >= 11 is 0. The summed E-state index contributed by atoms with van der Waals surface area (Å²) in [4.78, 5) is 26.8. The van der Waals surface area contributed by atoms with Gasteiger partial charge in [0.25, 0.3) is 5.91 Å². The first kappa shape index (κ1) is 20.5. The Morgan fingerprint density at radius 1 is 1.11 bits per heavy atom. The van der Waals surface area contributed by atoms with Crippen LogP contribution in [0.2, 0.25) is 0 Å². The van der Waals surface area contributed by atoms with Crippen LogP contribution in [-0.4, -0.2) is 37.9 Å². The van der Waals surface area contributed by atoms with E-state index >= 15 is 0 Å². The van der Waals surface area contributed by atoms with Gasteiger partial charge in [0.05, 0.1) is 6.54 Å². The summed E-state index contributed by atoms with van der Waals surface area (Å²) in [6.45, 7) is 1.30. The normalized spacial score (nSPS) is 14.3. The maximum Gasteiger partial charge on any atom is 0.251 e. The highest BCUT2D eigenvalue weighted by molar-refractivity contribution is 5.96. The maximum absolute atomic E-state index is 11.9. The third-order valence-electron chi connectivity index (χ3n) is 4.45. The zero-order valence-electron chi connectivity index (χ0n) is 15.9. The number of guanidine groups is 1. The van der Waals surface area contributed by atoms with E-state index in [-0.39, 0.29) is 12.5 Å². The number of allylic oxidation sites excluding steroid dienone is 1. The van der Waals surface area contributed by atoms with Gasteiger partial charge < -0.3 is 21.7 Å². The minimum atomic E-state index is -0.567. The smallest absolute Gasteiger partial charge is 0.251 e. The van der Waals surface area contributed by atoms with Crippen molar-refractivity contribution in [1.82, 2.24) is 16.0 Å². The second-order valence-corrected chi connectivity index (χ2v) is 6.56. The minimum Gasteiger partial charge on any atom is -0.368 e. The average molecular weight is 371 g/mol. The second kappa shape index (κ2) is 11.0. The molecule has 0 fully saturated rings. The molecule has 0 saturated heterocycles. The van der Waals surface area contributed by atoms with Crippen LogP contribution in [0.3, 0.4) is 0 Å². The number of rotatable bonds is 8. The molecule has 2 amide bonds. The maximum atomic E-state index is 11.9. The lowest BCUT2D eigenvalue weighted by Crippen LogP contribution is -2.37. The van der Waals surface area contributed by atoms with Gasteiger partial charge in [0.15, 0.2) is 5.96 Å². The highest BCUT2D eigenvalue weighted by atomic mass is 16.2. The van der Waals surface area contributed by atoms with Crippen LogP contribution in [0.15, 0.2) is 40.9 Å². The standard InChI is InChI=1S/C20H29N5O2/c1-22-20(23-12-11-15-5-3-2-4-6-15)25-13-16-7-9-17(10-8-16)19(27)24-14-18(21)26/h5,7-10H,2-4,6,11-14H2,1H3,(H2,21,26)(H,24,27)(H2,22,23,25). The van der Waals surface area contributed by atoms with Gasteiger partial charge in [0, 0.05) is 25.7 Å². The molecule has 27 heavy (non-hydrogen) atoms. The van der Waals surface area contributed by atoms with Crippen LogP contribution in [-0.2, 0) is 11.3 Å². The summed E-state index contributed by atoms with van der Waals surface area (Å²) in [6.07, 6.45) is 8.45. The number of nitrogens with zero attached hydrogens (tertiary/aromatic N) is 1. The number of amides is 2. The van der Waals surface area contributed by atoms with Gasteiger partial charge in [-0.05, 0) is 49.8 Å². The molecule has 5 N–H and O–H groups in total. The molecule has 146 valence electrons. The van der Waals surface area contributed by atoms with Crippen LogP contribution in [0.5, 0.6) is 0 Å². The molecule has 0 heterocycles. The van der Waals surface area contributed by atoms with Crippen LogP contribution in [0.4, 0.5) is 0 Å². The predicted molar refractivity (Wildman–Crippen MR) is 107 cm³/mol. The molecule has 0 aliphatic heterocycles. The molecule has 1 aliphatic carbocycles. The molecule has 1 aromatic carbocycles. The van der Waals surface area contributed by atoms with E-state index in [1.807, 2.05) is 12.1 Å². The van der Waals surface area contributed by atoms with Crippen molar-refractivity contribution >= 4 is 17.8 Å². The van der Waals surface area contributed by atoms with Crippen molar-refractivity contribution in [3.63, 3.8) is 0 Å². The zero-order chi connectivity index (χ0) is 19.5. The molecule has 1 aliphatic rings. The molecule has 0 radical (unpaired) electrons. The van der Waals surface area contributed by atoms with Crippen molar-refractivity contribution < 1.29 is 9.59 Å². The summed E-state index contributed by atoms with van der Waals surface area (Å²) in [5, 5.41) is 9.07. The van der Waals surface area contributed by atoms with Gasteiger partial charge in [0.1, 0.15) is 0 Å². The Balaban J connectivity index is 1.74. The molecule has 1 aromatic rings. The van der Waals surface area contributed by atoms with Crippen LogP contribution in [0.1, 0.15) is 48.0 Å². The Hall–Kier alpha value is -2.83. The lowest BCUT2D eigenvalue weighted by atomic mass is 9.97. The monoisotopic (exact) mass is 371 g/mol. The Kier molecular flexibility index (Phi) is 8.35. The highest BCUT2D eigenvalue weighted by Gasteiger charge is 2.07. The Labute approximate surface area is 160 Å². The fourth-order valence-electron chi connectivity index (χ4n) is 2.92. The highest BCUT2D eigenvalue weighted by Crippen LogP contribution is 2.19. The second-order valence-electron chi connectivity index (χ2n) is 6.56. The van der Waals surface area contributed by atoms with Crippen molar-refractivity contribution in [3.8, 4) is 0 Å². The first-order valence-electron chi connectivity index (χ1n) is 9.36. The molecule has 0 spiro atoms. The zero-order valence-corrected chi connectivity index (χ0v) is 15.9. The number of hydrogen-bond acceptors (Lipinski definition) is 3. The number of carbonyl (C=O) groups is 2. The van der Waals surface area contributed by atoms with Gasteiger partial charge in [0.2, 0.25) is 5.91 Å². The largest absolute Gasteiger partial charge is 0.368 e. The molecular formula is C20H29N5O2. The Bertz CT molecular complexity index is 695. The quantitative estimate of drug-likeness (QED) is 0.315. The molecular weight excluding hydrogens is 342 g/mol. The van der Waals surface area contributed by atoms with E-state index in [9.17, 15) is 9.59 Å². The molecule has 7 nitrogen and oxygen atoms in total. The molecule has 0 bridgehead atoms. The lowest BCUT2D eigenvalue weighted by molar-refractivity contribution is -0.117. The summed E-state index contributed by atoms with van der Waals surface area (Å²) in [5.74, 6) is -0.125. The van der Waals surface area contributed by atoms with Crippen molar-refractivity contribution in [3.05, 3.63) is 47.0 Å². The van der Waals surface area contributed by atoms with Gasteiger partial charge >= 0.3 is 0 Å². The first-order valence-corrected chi connectivity index (χ1v) is 9.36. The van der Waals surface area contributed by atoms with Crippen molar-refractivity contribution in [1.29, 1.82) is 0 Å². The van der Waals surface area contributed by atoms with Crippen molar-refractivity contribution in [2.75, 3.05) is 20.1 Å². The van der Waals surface area contributed by atoms with E-state index < -0.39 is 5.91 Å². The number of benzene rings is 1. The third kappa shape index (κ3) is 7.52. The molecule has 7 heteroatoms. The van der Waals surface area contributed by atoms with Gasteiger partial charge in [-0.25, -0.2) is 0 Å². The molecule has 0 saturated carbocycles. The van der Waals surface area contributed by atoms with Gasteiger partial charge in [-0.1, -0.05) is 23.8 Å². The number of aliphatic imine (C=N–C) groups is 1. The van der Waals surface area contributed by atoms with E-state index in [1.54, 1.807) is 19.2 Å². The number of primary amides is 1. The summed E-state index contributed by atoms with van der Waals surface area (Å²) < 4.78 is 0. The van der Waals surface area contributed by atoms with Crippen LogP contribution >= 0.6 is 0 Å². The summed E-state index contributed by atoms with van der Waals surface area (Å²) in [7, 11) is 1.75. The summed E-state index contributed by atoms with van der Waals surface area (Å²) in [6, 6.07) is 7.18. The van der Waals surface area contributed by atoms with Crippen LogP contribution in [0.25, 0.3) is 0 Å². The van der Waals surface area contributed by atoms with Gasteiger partial charge in [-0.3, -0.25) is 14.6 Å². The van der Waals surface area contributed by atoms with E-state index in [2.05, 4.69) is 27.0 Å². The minimum absolute atomic E-state index is 0.166. The van der Waals surface area contributed by atoms with Gasteiger partial charge in [-0.15, -0.1) is 0 Å². The van der Waals surface area contributed by atoms with E-state index in [0.717, 1.165) is 24.5 Å². The van der Waals surface area contributed by atoms with Crippen LogP contribution < -0.4 is 21.7 Å². The first-order chi connectivity index (χ1) is 13.1. The fourth-order valence-corrected chi connectivity index (χ4v) is 2.92. The van der Waals surface area contributed by atoms with Crippen LogP contribution in [0, 0.1) is 0 Å². The number of nitrogens with one attached hydrogen (secondary N) is 3. The fraction of sp³-hybridized carbons (Fsp3) is 0.450. The van der Waals surface area contributed by atoms with E-state index in [1.165, 1.54) is 31.3 Å². The molecule has 0 aromatic heterocycles. The SMILES string of the molecule is CN=C(NCCC1=CCCCC1)NCc1ccc(C(=O)NCC(N)=O)cc1. The number of nitrogens with two attached hydrogens (primary N) is 1. The number of carbonyl (C=O) groups excluding carboxylic acids is 2. The van der Waals surface area contributed by atoms with Crippen molar-refractivity contribution in [2.24, 2.45) is 10.7 Å². The molecule has 2 rings (SSSR count). The Morgan fingerprint density at radius 2 is 1.89 bits per heavy atom. The number of hydrogen-bond donors (Lipinski definition) is 4. The third-order valence-corrected chi connectivity index (χ3v) is 4.45. The Morgan fingerprint density at radius 3 is 2.52 bits per heavy atom. The van der Waals surface area contributed by atoms with E-state index in [4.69, 9.17) is 5.73 Å². The predicted octanol–water partition coefficient (Wildman–Crippen LogP) is 1.46.